The van der Waals surface area contributed by atoms with Gasteiger partial charge in [0.2, 0.25) is 0 Å². The van der Waals surface area contributed by atoms with Gasteiger partial charge in [-0.05, 0) is 18.1 Å². The molecule has 0 radical (unpaired) electrons. The first-order chi connectivity index (χ1) is 7.97. The van der Waals surface area contributed by atoms with Crippen LogP contribution in [-0.4, -0.2) is 18.7 Å². The third-order valence-electron chi connectivity index (χ3n) is 2.51. The summed E-state index contributed by atoms with van der Waals surface area (Å²) in [6.07, 6.45) is -4.16. The van der Waals surface area contributed by atoms with E-state index in [1.165, 1.54) is 12.1 Å². The summed E-state index contributed by atoms with van der Waals surface area (Å²) in [6.45, 7) is 0.234. The number of aliphatic imine (C=N–C) groups is 1. The third kappa shape index (κ3) is 2.69. The summed E-state index contributed by atoms with van der Waals surface area (Å²) >= 11 is 0. The van der Waals surface area contributed by atoms with Crippen molar-refractivity contribution in [3.63, 3.8) is 0 Å². The van der Waals surface area contributed by atoms with Crippen LogP contribution >= 0.6 is 0 Å². The normalized spacial score (nSPS) is 19.9. The molecule has 0 spiro atoms. The Hall–Kier alpha value is -1.72. The highest BCUT2D eigenvalue weighted by atomic mass is 19.4. The molecule has 0 fully saturated rings. The van der Waals surface area contributed by atoms with Crippen molar-refractivity contribution in [2.45, 2.75) is 18.6 Å². The number of nitrogens with two attached hydrogens (primary N) is 1. The standard InChI is InChI=1S/C11H11F3N2O/c12-11(13,14)9-4-2-1-3-7(9)5-8-6-17-10(15)16-8/h1-4,8H,5-6H2,(H2,15,16). The Balaban J connectivity index is 2.21. The Bertz CT molecular complexity index is 443. The Labute approximate surface area is 96.1 Å². The van der Waals surface area contributed by atoms with Gasteiger partial charge in [-0.1, -0.05) is 18.2 Å². The van der Waals surface area contributed by atoms with E-state index in [4.69, 9.17) is 10.5 Å². The molecule has 2 rings (SSSR count). The maximum Gasteiger partial charge on any atom is 0.416 e. The van der Waals surface area contributed by atoms with E-state index >= 15 is 0 Å². The van der Waals surface area contributed by atoms with Gasteiger partial charge in [-0.25, -0.2) is 4.99 Å². The van der Waals surface area contributed by atoms with E-state index in [-0.39, 0.29) is 30.7 Å². The van der Waals surface area contributed by atoms with Crippen LogP contribution in [0, 0.1) is 0 Å². The zero-order valence-corrected chi connectivity index (χ0v) is 8.87. The lowest BCUT2D eigenvalue weighted by atomic mass is 10.0. The monoisotopic (exact) mass is 244 g/mol. The number of ether oxygens (including phenoxy) is 1. The Kier molecular flexibility index (Phi) is 2.95. The van der Waals surface area contributed by atoms with Crippen LogP contribution < -0.4 is 5.73 Å². The van der Waals surface area contributed by atoms with E-state index in [0.29, 0.717) is 0 Å². The molecule has 1 heterocycles. The van der Waals surface area contributed by atoms with Crippen molar-refractivity contribution in [1.29, 1.82) is 0 Å². The zero-order chi connectivity index (χ0) is 12.5. The number of hydrogen-bond acceptors (Lipinski definition) is 3. The van der Waals surface area contributed by atoms with Crippen molar-refractivity contribution in [2.75, 3.05) is 6.61 Å². The summed E-state index contributed by atoms with van der Waals surface area (Å²) in [5.41, 5.74) is 4.90. The molecular formula is C11H11F3N2O. The highest BCUT2D eigenvalue weighted by molar-refractivity contribution is 5.73. The number of benzene rings is 1. The maximum atomic E-state index is 12.7. The number of nitrogens with zero attached hydrogens (tertiary/aromatic N) is 1. The maximum absolute atomic E-state index is 12.7. The minimum atomic E-state index is -4.34. The van der Waals surface area contributed by atoms with Crippen LogP contribution in [0.3, 0.4) is 0 Å². The molecule has 0 amide bonds. The lowest BCUT2D eigenvalue weighted by Crippen LogP contribution is -2.15. The fraction of sp³-hybridized carbons (Fsp3) is 0.364. The molecule has 1 atom stereocenters. The van der Waals surface area contributed by atoms with Gasteiger partial charge < -0.3 is 10.5 Å². The Morgan fingerprint density at radius 3 is 2.65 bits per heavy atom. The lowest BCUT2D eigenvalue weighted by Gasteiger charge is -2.13. The quantitative estimate of drug-likeness (QED) is 0.864. The van der Waals surface area contributed by atoms with Crippen LogP contribution in [-0.2, 0) is 17.3 Å². The first kappa shape index (κ1) is 11.8. The van der Waals surface area contributed by atoms with Gasteiger partial charge in [0, 0.05) is 0 Å². The molecule has 2 N–H and O–H groups in total. The van der Waals surface area contributed by atoms with Crippen LogP contribution in [0.25, 0.3) is 0 Å². The van der Waals surface area contributed by atoms with Crippen molar-refractivity contribution >= 4 is 6.02 Å². The summed E-state index contributed by atoms with van der Waals surface area (Å²) in [6, 6.07) is 5.17. The van der Waals surface area contributed by atoms with Crippen molar-refractivity contribution < 1.29 is 17.9 Å². The Morgan fingerprint density at radius 2 is 2.06 bits per heavy atom. The molecule has 1 aromatic rings. The predicted octanol–water partition coefficient (Wildman–Crippen LogP) is 1.96. The van der Waals surface area contributed by atoms with E-state index < -0.39 is 11.7 Å². The number of rotatable bonds is 2. The molecule has 1 aromatic carbocycles. The van der Waals surface area contributed by atoms with Crippen LogP contribution in [0.1, 0.15) is 11.1 Å². The number of halogens is 3. The van der Waals surface area contributed by atoms with E-state index in [1.54, 1.807) is 6.07 Å². The van der Waals surface area contributed by atoms with Crippen molar-refractivity contribution in [3.05, 3.63) is 35.4 Å². The molecule has 6 heteroatoms. The molecule has 0 saturated heterocycles. The smallest absolute Gasteiger partial charge is 0.416 e. The summed E-state index contributed by atoms with van der Waals surface area (Å²) in [7, 11) is 0. The number of alkyl halides is 3. The molecule has 1 aliphatic rings. The molecule has 0 saturated carbocycles. The van der Waals surface area contributed by atoms with Crippen LogP contribution in [0.5, 0.6) is 0 Å². The lowest BCUT2D eigenvalue weighted by molar-refractivity contribution is -0.138. The van der Waals surface area contributed by atoms with Crippen molar-refractivity contribution in [3.8, 4) is 0 Å². The van der Waals surface area contributed by atoms with Gasteiger partial charge in [0.25, 0.3) is 6.02 Å². The van der Waals surface area contributed by atoms with Crippen molar-refractivity contribution in [1.82, 2.24) is 0 Å². The van der Waals surface area contributed by atoms with Gasteiger partial charge in [0.05, 0.1) is 11.6 Å². The summed E-state index contributed by atoms with van der Waals surface area (Å²) in [5, 5.41) is 0. The third-order valence-corrected chi connectivity index (χ3v) is 2.51. The fourth-order valence-electron chi connectivity index (χ4n) is 1.77. The average molecular weight is 244 g/mol. The molecule has 0 aliphatic carbocycles. The number of amidine groups is 1. The van der Waals surface area contributed by atoms with Gasteiger partial charge in [-0.15, -0.1) is 0 Å². The second-order valence-corrected chi connectivity index (χ2v) is 3.79. The van der Waals surface area contributed by atoms with Crippen molar-refractivity contribution in [2.24, 2.45) is 10.7 Å². The summed E-state index contributed by atoms with van der Waals surface area (Å²) in [4.78, 5) is 3.91. The molecule has 1 aliphatic heterocycles. The molecule has 17 heavy (non-hydrogen) atoms. The van der Waals surface area contributed by atoms with Gasteiger partial charge in [0.1, 0.15) is 6.61 Å². The topological polar surface area (TPSA) is 47.6 Å². The van der Waals surface area contributed by atoms with E-state index in [0.717, 1.165) is 6.07 Å². The van der Waals surface area contributed by atoms with E-state index in [1.807, 2.05) is 0 Å². The second kappa shape index (κ2) is 4.27. The first-order valence-corrected chi connectivity index (χ1v) is 5.08. The molecule has 0 aromatic heterocycles. The summed E-state index contributed by atoms with van der Waals surface area (Å²) in [5.74, 6) is 0. The summed E-state index contributed by atoms with van der Waals surface area (Å²) < 4.78 is 43.0. The minimum Gasteiger partial charge on any atom is -0.463 e. The minimum absolute atomic E-state index is 0.0412. The van der Waals surface area contributed by atoms with Gasteiger partial charge >= 0.3 is 6.18 Å². The van der Waals surface area contributed by atoms with E-state index in [9.17, 15) is 13.2 Å². The highest BCUT2D eigenvalue weighted by Gasteiger charge is 2.33. The van der Waals surface area contributed by atoms with Gasteiger partial charge in [-0.3, -0.25) is 0 Å². The largest absolute Gasteiger partial charge is 0.463 e. The predicted molar refractivity (Wildman–Crippen MR) is 56.5 cm³/mol. The second-order valence-electron chi connectivity index (χ2n) is 3.79. The van der Waals surface area contributed by atoms with Gasteiger partial charge in [0.15, 0.2) is 0 Å². The van der Waals surface area contributed by atoms with Crippen LogP contribution in [0.15, 0.2) is 29.3 Å². The molecule has 0 bridgehead atoms. The number of hydrogen-bond donors (Lipinski definition) is 1. The zero-order valence-electron chi connectivity index (χ0n) is 8.87. The fourth-order valence-corrected chi connectivity index (χ4v) is 1.77. The van der Waals surface area contributed by atoms with Crippen LogP contribution in [0.4, 0.5) is 13.2 Å². The molecule has 1 unspecified atom stereocenters. The Morgan fingerprint density at radius 1 is 1.35 bits per heavy atom. The molecule has 92 valence electrons. The SMILES string of the molecule is NC1=NC(Cc2ccccc2C(F)(F)F)CO1. The van der Waals surface area contributed by atoms with Gasteiger partial charge in [-0.2, -0.15) is 13.2 Å². The van der Waals surface area contributed by atoms with E-state index in [2.05, 4.69) is 4.99 Å². The first-order valence-electron chi connectivity index (χ1n) is 5.08. The average Bonchev–Trinajstić information content (AvgIpc) is 2.63. The van der Waals surface area contributed by atoms with Crippen LogP contribution in [0.2, 0.25) is 0 Å². The highest BCUT2D eigenvalue weighted by Crippen LogP contribution is 2.32. The molecule has 3 nitrogen and oxygen atoms in total. The molecular weight excluding hydrogens is 233 g/mol.